The molecule has 0 aliphatic rings. The molecule has 6 heteroatoms. The Morgan fingerprint density at radius 2 is 2.24 bits per heavy atom. The molecule has 0 atom stereocenters. The maximum absolute atomic E-state index is 12.1. The zero-order valence-corrected chi connectivity index (χ0v) is 13.3. The minimum atomic E-state index is -0.0547. The van der Waals surface area contributed by atoms with Crippen molar-refractivity contribution in [3.05, 3.63) is 39.3 Å². The molecule has 2 rings (SSSR count). The van der Waals surface area contributed by atoms with E-state index in [-0.39, 0.29) is 5.56 Å². The molecule has 114 valence electrons. The van der Waals surface area contributed by atoms with Crippen LogP contribution in [0.4, 0.5) is 0 Å². The molecule has 21 heavy (non-hydrogen) atoms. The number of rotatable bonds is 8. The summed E-state index contributed by atoms with van der Waals surface area (Å²) >= 11 is 1.57. The Balaban J connectivity index is 1.91. The topological polar surface area (TPSA) is 67.0 Å². The average molecular weight is 307 g/mol. The first-order valence-corrected chi connectivity index (χ1v) is 7.83. The lowest BCUT2D eigenvalue weighted by molar-refractivity contribution is 0.140. The molecule has 0 saturated heterocycles. The molecule has 5 nitrogen and oxygen atoms in total. The van der Waals surface area contributed by atoms with Crippen LogP contribution in [0.1, 0.15) is 22.7 Å². The molecule has 0 aliphatic carbocycles. The highest BCUT2D eigenvalue weighted by molar-refractivity contribution is 7.18. The maximum atomic E-state index is 12.1. The van der Waals surface area contributed by atoms with Crippen LogP contribution >= 0.6 is 11.3 Å². The first kappa shape index (κ1) is 15.9. The predicted molar refractivity (Wildman–Crippen MR) is 87.1 cm³/mol. The minimum absolute atomic E-state index is 0.0547. The normalized spacial score (nSPS) is 11.1. The van der Waals surface area contributed by atoms with E-state index in [1.165, 1.54) is 0 Å². The number of aryl methyl sites for hydroxylation is 2. The molecule has 0 fully saturated rings. The molecule has 0 spiro atoms. The van der Waals surface area contributed by atoms with Gasteiger partial charge in [0.1, 0.15) is 10.7 Å². The van der Waals surface area contributed by atoms with Gasteiger partial charge in [-0.25, -0.2) is 4.98 Å². The monoisotopic (exact) mass is 307 g/mol. The van der Waals surface area contributed by atoms with Crippen molar-refractivity contribution >= 4 is 21.6 Å². The first-order valence-electron chi connectivity index (χ1n) is 7.01. The predicted octanol–water partition coefficient (Wildman–Crippen LogP) is 2.28. The largest absolute Gasteiger partial charge is 0.380 e. The smallest absolute Gasteiger partial charge is 0.259 e. The molecule has 2 heterocycles. The Morgan fingerprint density at radius 1 is 1.43 bits per heavy atom. The quantitative estimate of drug-likeness (QED) is 0.580. The van der Waals surface area contributed by atoms with Crippen molar-refractivity contribution < 1.29 is 4.74 Å². The van der Waals surface area contributed by atoms with Crippen LogP contribution in [0, 0.1) is 13.8 Å². The lowest BCUT2D eigenvalue weighted by Gasteiger charge is -2.05. The van der Waals surface area contributed by atoms with E-state index in [9.17, 15) is 4.79 Å². The SMILES string of the molecule is C=CCCOCCNCc1nc2sc(C)c(C)c2c(=O)[nH]1. The zero-order valence-electron chi connectivity index (χ0n) is 12.5. The van der Waals surface area contributed by atoms with E-state index in [0.717, 1.165) is 28.2 Å². The van der Waals surface area contributed by atoms with Crippen LogP contribution in [0.15, 0.2) is 17.4 Å². The van der Waals surface area contributed by atoms with Crippen LogP contribution in [0.25, 0.3) is 10.2 Å². The van der Waals surface area contributed by atoms with E-state index < -0.39 is 0 Å². The highest BCUT2D eigenvalue weighted by atomic mass is 32.1. The highest BCUT2D eigenvalue weighted by Gasteiger charge is 2.11. The van der Waals surface area contributed by atoms with E-state index >= 15 is 0 Å². The van der Waals surface area contributed by atoms with Crippen LogP contribution in [0.2, 0.25) is 0 Å². The number of hydrogen-bond donors (Lipinski definition) is 2. The summed E-state index contributed by atoms with van der Waals surface area (Å²) < 4.78 is 5.40. The number of thiophene rings is 1. The van der Waals surface area contributed by atoms with Gasteiger partial charge in [0, 0.05) is 11.4 Å². The molecule has 2 aromatic heterocycles. The second-order valence-corrected chi connectivity index (χ2v) is 6.05. The zero-order chi connectivity index (χ0) is 15.2. The highest BCUT2D eigenvalue weighted by Crippen LogP contribution is 2.25. The van der Waals surface area contributed by atoms with Gasteiger partial charge in [0.05, 0.1) is 25.1 Å². The molecule has 0 saturated carbocycles. The Morgan fingerprint density at radius 3 is 3.00 bits per heavy atom. The van der Waals surface area contributed by atoms with Gasteiger partial charge < -0.3 is 15.0 Å². The molecule has 0 unspecified atom stereocenters. The van der Waals surface area contributed by atoms with Crippen LogP contribution < -0.4 is 10.9 Å². The molecular formula is C15H21N3O2S. The standard InChI is InChI=1S/C15H21N3O2S/c1-4-5-7-20-8-6-16-9-12-17-14(19)13-10(2)11(3)21-15(13)18-12/h4,16H,1,5-9H2,2-3H3,(H,17,18,19). The summed E-state index contributed by atoms with van der Waals surface area (Å²) in [6.45, 7) is 10.2. The van der Waals surface area contributed by atoms with Gasteiger partial charge in [0.25, 0.3) is 5.56 Å². The van der Waals surface area contributed by atoms with Gasteiger partial charge in [0.15, 0.2) is 0 Å². The number of hydrogen-bond acceptors (Lipinski definition) is 5. The third-order valence-corrected chi connectivity index (χ3v) is 4.37. The number of nitrogens with zero attached hydrogens (tertiary/aromatic N) is 1. The van der Waals surface area contributed by atoms with Crippen LogP contribution in [-0.4, -0.2) is 29.7 Å². The average Bonchev–Trinajstić information content (AvgIpc) is 2.73. The summed E-state index contributed by atoms with van der Waals surface area (Å²) in [6, 6.07) is 0. The number of H-pyrrole nitrogens is 1. The molecule has 2 aromatic rings. The van der Waals surface area contributed by atoms with E-state index in [1.54, 1.807) is 11.3 Å². The van der Waals surface area contributed by atoms with Crippen molar-refractivity contribution in [2.45, 2.75) is 26.8 Å². The van der Waals surface area contributed by atoms with E-state index in [2.05, 4.69) is 21.9 Å². The van der Waals surface area contributed by atoms with E-state index in [1.807, 2.05) is 19.9 Å². The molecular weight excluding hydrogens is 286 g/mol. The van der Waals surface area contributed by atoms with Crippen LogP contribution in [0.3, 0.4) is 0 Å². The van der Waals surface area contributed by atoms with Gasteiger partial charge in [-0.15, -0.1) is 17.9 Å². The fraction of sp³-hybridized carbons (Fsp3) is 0.467. The Hall–Kier alpha value is -1.50. The van der Waals surface area contributed by atoms with Crippen molar-refractivity contribution in [1.82, 2.24) is 15.3 Å². The van der Waals surface area contributed by atoms with Crippen molar-refractivity contribution in [3.63, 3.8) is 0 Å². The first-order chi connectivity index (χ1) is 10.1. The van der Waals surface area contributed by atoms with Crippen molar-refractivity contribution in [1.29, 1.82) is 0 Å². The number of aromatic amines is 1. The van der Waals surface area contributed by atoms with E-state index in [4.69, 9.17) is 4.74 Å². The maximum Gasteiger partial charge on any atom is 0.259 e. The van der Waals surface area contributed by atoms with Crippen LogP contribution in [-0.2, 0) is 11.3 Å². The van der Waals surface area contributed by atoms with Crippen LogP contribution in [0.5, 0.6) is 0 Å². The Kier molecular flexibility index (Phi) is 5.67. The molecule has 0 amide bonds. The Bertz CT molecular complexity index is 675. The van der Waals surface area contributed by atoms with Gasteiger partial charge in [-0.05, 0) is 25.8 Å². The summed E-state index contributed by atoms with van der Waals surface area (Å²) in [6.07, 6.45) is 2.70. The van der Waals surface area contributed by atoms with Crippen molar-refractivity contribution in [3.8, 4) is 0 Å². The summed E-state index contributed by atoms with van der Waals surface area (Å²) in [5.41, 5.74) is 0.972. The van der Waals surface area contributed by atoms with Crippen molar-refractivity contribution in [2.24, 2.45) is 0 Å². The summed E-state index contributed by atoms with van der Waals surface area (Å²) in [5.74, 6) is 0.667. The lowest BCUT2D eigenvalue weighted by Crippen LogP contribution is -2.22. The third-order valence-electron chi connectivity index (χ3n) is 3.27. The van der Waals surface area contributed by atoms with Gasteiger partial charge in [-0.2, -0.15) is 0 Å². The third kappa shape index (κ3) is 4.00. The number of aromatic nitrogens is 2. The fourth-order valence-electron chi connectivity index (χ4n) is 2.00. The molecule has 0 bridgehead atoms. The van der Waals surface area contributed by atoms with Gasteiger partial charge in [-0.1, -0.05) is 6.08 Å². The van der Waals surface area contributed by atoms with Gasteiger partial charge in [-0.3, -0.25) is 4.79 Å². The molecule has 0 aromatic carbocycles. The molecule has 0 aliphatic heterocycles. The summed E-state index contributed by atoms with van der Waals surface area (Å²) in [4.78, 5) is 21.4. The van der Waals surface area contributed by atoms with Crippen molar-refractivity contribution in [2.75, 3.05) is 19.8 Å². The Labute approximate surface area is 128 Å². The molecule has 2 N–H and O–H groups in total. The number of nitrogens with one attached hydrogen (secondary N) is 2. The summed E-state index contributed by atoms with van der Waals surface area (Å²) in [7, 11) is 0. The fourth-order valence-corrected chi connectivity index (χ4v) is 3.05. The second kappa shape index (κ2) is 7.49. The number of fused-ring (bicyclic) bond motifs is 1. The van der Waals surface area contributed by atoms with Gasteiger partial charge in [0.2, 0.25) is 0 Å². The number of ether oxygens (including phenoxy) is 1. The second-order valence-electron chi connectivity index (χ2n) is 4.84. The minimum Gasteiger partial charge on any atom is -0.380 e. The molecule has 0 radical (unpaired) electrons. The lowest BCUT2D eigenvalue weighted by atomic mass is 10.2. The van der Waals surface area contributed by atoms with Gasteiger partial charge >= 0.3 is 0 Å². The van der Waals surface area contributed by atoms with E-state index in [0.29, 0.717) is 31.0 Å². The summed E-state index contributed by atoms with van der Waals surface area (Å²) in [5, 5.41) is 3.93.